The third-order valence-electron chi connectivity index (χ3n) is 5.03. The third kappa shape index (κ3) is 7.41. The number of benzene rings is 1. The molecule has 0 aliphatic carbocycles. The summed E-state index contributed by atoms with van der Waals surface area (Å²) in [5.74, 6) is 0.250. The highest BCUT2D eigenvalue weighted by molar-refractivity contribution is 5.96. The van der Waals surface area contributed by atoms with Gasteiger partial charge in [-0.2, -0.15) is 0 Å². The first kappa shape index (κ1) is 24.4. The molecule has 0 aliphatic rings. The molecule has 31 heavy (non-hydrogen) atoms. The number of hydrogen-bond donors (Lipinski definition) is 0. The zero-order valence-corrected chi connectivity index (χ0v) is 18.9. The molecular weight excluding hydrogens is 398 g/mol. The van der Waals surface area contributed by atoms with Crippen molar-refractivity contribution in [2.45, 2.75) is 13.0 Å². The van der Waals surface area contributed by atoms with E-state index in [9.17, 15) is 9.59 Å². The van der Waals surface area contributed by atoms with Crippen molar-refractivity contribution in [3.8, 4) is 5.75 Å². The molecule has 8 heteroatoms. The maximum atomic E-state index is 13.2. The van der Waals surface area contributed by atoms with Crippen LogP contribution in [0.25, 0.3) is 0 Å². The number of rotatable bonds is 13. The predicted octanol–water partition coefficient (Wildman–Crippen LogP) is 2.19. The molecule has 0 N–H and O–H groups in total. The molecule has 0 radical (unpaired) electrons. The summed E-state index contributed by atoms with van der Waals surface area (Å²) in [6.45, 7) is 2.22. The number of nitrogens with zero attached hydrogens (tertiary/aromatic N) is 3. The van der Waals surface area contributed by atoms with Gasteiger partial charge in [-0.25, -0.2) is 0 Å². The van der Waals surface area contributed by atoms with Crippen molar-refractivity contribution < 1.29 is 23.8 Å². The van der Waals surface area contributed by atoms with E-state index in [0.717, 1.165) is 5.69 Å². The standard InChI is InChI=1S/C23H33N3O5/c1-24-11-6-9-20(24)17-25(13-15-30-3)22(27)18-26(12-7-14-29-2)23(28)19-8-5-10-21(16-19)31-4/h5-6,8-11,16H,7,12-15,17-18H2,1-4H3. The summed E-state index contributed by atoms with van der Waals surface area (Å²) in [4.78, 5) is 29.7. The van der Waals surface area contributed by atoms with Crippen molar-refractivity contribution in [1.29, 1.82) is 0 Å². The number of carbonyl (C=O) groups excluding carboxylic acids is 2. The predicted molar refractivity (Wildman–Crippen MR) is 118 cm³/mol. The summed E-state index contributed by atoms with van der Waals surface area (Å²) in [6, 6.07) is 10.9. The number of ether oxygens (including phenoxy) is 3. The molecule has 170 valence electrons. The molecule has 0 aliphatic heterocycles. The van der Waals surface area contributed by atoms with E-state index >= 15 is 0 Å². The lowest BCUT2D eigenvalue weighted by Gasteiger charge is -2.28. The van der Waals surface area contributed by atoms with Crippen LogP contribution in [0, 0.1) is 0 Å². The monoisotopic (exact) mass is 431 g/mol. The lowest BCUT2D eigenvalue weighted by atomic mass is 10.1. The number of amides is 2. The SMILES string of the molecule is COCCCN(CC(=O)N(CCOC)Cc1cccn1C)C(=O)c1cccc(OC)c1. The van der Waals surface area contributed by atoms with Crippen LogP contribution < -0.4 is 4.74 Å². The zero-order chi connectivity index (χ0) is 22.6. The Morgan fingerprint density at radius 2 is 1.74 bits per heavy atom. The minimum atomic E-state index is -0.214. The van der Waals surface area contributed by atoms with Gasteiger partial charge in [0, 0.05) is 58.4 Å². The van der Waals surface area contributed by atoms with E-state index in [1.54, 1.807) is 55.4 Å². The molecular formula is C23H33N3O5. The smallest absolute Gasteiger partial charge is 0.254 e. The summed E-state index contributed by atoms with van der Waals surface area (Å²) >= 11 is 0. The Hall–Kier alpha value is -2.84. The van der Waals surface area contributed by atoms with Gasteiger partial charge in [0.25, 0.3) is 5.91 Å². The fourth-order valence-corrected chi connectivity index (χ4v) is 3.20. The number of aryl methyl sites for hydroxylation is 1. The summed E-state index contributed by atoms with van der Waals surface area (Å²) in [7, 11) is 6.72. The van der Waals surface area contributed by atoms with Gasteiger partial charge < -0.3 is 28.6 Å². The summed E-state index contributed by atoms with van der Waals surface area (Å²) in [5, 5.41) is 0. The van der Waals surface area contributed by atoms with Crippen molar-refractivity contribution in [2.75, 3.05) is 54.2 Å². The van der Waals surface area contributed by atoms with Crippen molar-refractivity contribution in [1.82, 2.24) is 14.4 Å². The van der Waals surface area contributed by atoms with E-state index in [-0.39, 0.29) is 18.4 Å². The minimum Gasteiger partial charge on any atom is -0.497 e. The molecule has 0 bridgehead atoms. The van der Waals surface area contributed by atoms with E-state index in [1.165, 1.54) is 0 Å². The van der Waals surface area contributed by atoms with Crippen LogP contribution in [0.1, 0.15) is 22.5 Å². The molecule has 8 nitrogen and oxygen atoms in total. The molecule has 1 aromatic carbocycles. The molecule has 0 atom stereocenters. The molecule has 1 heterocycles. The zero-order valence-electron chi connectivity index (χ0n) is 18.9. The number of methoxy groups -OCH3 is 3. The van der Waals surface area contributed by atoms with E-state index in [1.807, 2.05) is 29.9 Å². The van der Waals surface area contributed by atoms with Crippen molar-refractivity contribution in [3.63, 3.8) is 0 Å². The van der Waals surface area contributed by atoms with Gasteiger partial charge in [-0.1, -0.05) is 6.07 Å². The van der Waals surface area contributed by atoms with Crippen LogP contribution >= 0.6 is 0 Å². The molecule has 2 rings (SSSR count). The Labute approximate surface area is 184 Å². The fourth-order valence-electron chi connectivity index (χ4n) is 3.20. The molecule has 0 saturated carbocycles. The first-order chi connectivity index (χ1) is 15.0. The minimum absolute atomic E-state index is 0.0199. The molecule has 0 fully saturated rings. The second-order valence-electron chi connectivity index (χ2n) is 7.22. The average molecular weight is 432 g/mol. The van der Waals surface area contributed by atoms with Crippen LogP contribution in [0.4, 0.5) is 0 Å². The van der Waals surface area contributed by atoms with Crippen molar-refractivity contribution in [2.24, 2.45) is 7.05 Å². The Morgan fingerprint density at radius 3 is 2.39 bits per heavy atom. The first-order valence-electron chi connectivity index (χ1n) is 10.3. The van der Waals surface area contributed by atoms with Gasteiger partial charge in [0.05, 0.1) is 20.3 Å². The van der Waals surface area contributed by atoms with E-state index in [0.29, 0.717) is 50.6 Å². The average Bonchev–Trinajstić information content (AvgIpc) is 3.19. The first-order valence-corrected chi connectivity index (χ1v) is 10.3. The van der Waals surface area contributed by atoms with E-state index in [2.05, 4.69) is 0 Å². The largest absolute Gasteiger partial charge is 0.497 e. The Kier molecular flexibility index (Phi) is 10.1. The van der Waals surface area contributed by atoms with Gasteiger partial charge in [-0.05, 0) is 36.8 Å². The van der Waals surface area contributed by atoms with Crippen molar-refractivity contribution >= 4 is 11.8 Å². The summed E-state index contributed by atoms with van der Waals surface area (Å²) in [6.07, 6.45) is 2.58. The number of hydrogen-bond acceptors (Lipinski definition) is 5. The second kappa shape index (κ2) is 12.8. The van der Waals surface area contributed by atoms with Gasteiger partial charge in [0.15, 0.2) is 0 Å². The molecule has 2 aromatic rings. The van der Waals surface area contributed by atoms with Crippen LogP contribution in [-0.4, -0.2) is 80.4 Å². The van der Waals surface area contributed by atoms with Crippen molar-refractivity contribution in [3.05, 3.63) is 53.9 Å². The summed E-state index contributed by atoms with van der Waals surface area (Å²) in [5.41, 5.74) is 1.49. The molecule has 2 amide bonds. The highest BCUT2D eigenvalue weighted by atomic mass is 16.5. The van der Waals surface area contributed by atoms with Crippen LogP contribution in [-0.2, 0) is 27.9 Å². The molecule has 1 aromatic heterocycles. The lowest BCUT2D eigenvalue weighted by molar-refractivity contribution is -0.133. The highest BCUT2D eigenvalue weighted by Gasteiger charge is 2.23. The topological polar surface area (TPSA) is 73.2 Å². The van der Waals surface area contributed by atoms with Crippen LogP contribution in [0.3, 0.4) is 0 Å². The highest BCUT2D eigenvalue weighted by Crippen LogP contribution is 2.15. The number of aromatic nitrogens is 1. The Balaban J connectivity index is 2.17. The molecule has 0 saturated heterocycles. The van der Waals surface area contributed by atoms with Crippen LogP contribution in [0.2, 0.25) is 0 Å². The molecule has 0 unspecified atom stereocenters. The lowest BCUT2D eigenvalue weighted by Crippen LogP contribution is -2.44. The second-order valence-corrected chi connectivity index (χ2v) is 7.22. The maximum Gasteiger partial charge on any atom is 0.254 e. The van der Waals surface area contributed by atoms with Gasteiger partial charge in [-0.3, -0.25) is 9.59 Å². The van der Waals surface area contributed by atoms with E-state index < -0.39 is 0 Å². The molecule has 0 spiro atoms. The van der Waals surface area contributed by atoms with Gasteiger partial charge in [0.1, 0.15) is 12.3 Å². The fraction of sp³-hybridized carbons (Fsp3) is 0.478. The van der Waals surface area contributed by atoms with Crippen LogP contribution in [0.15, 0.2) is 42.6 Å². The third-order valence-corrected chi connectivity index (χ3v) is 5.03. The van der Waals surface area contributed by atoms with Gasteiger partial charge in [-0.15, -0.1) is 0 Å². The van der Waals surface area contributed by atoms with E-state index in [4.69, 9.17) is 14.2 Å². The maximum absolute atomic E-state index is 13.2. The normalized spacial score (nSPS) is 10.7. The quantitative estimate of drug-likeness (QED) is 0.455. The Morgan fingerprint density at radius 1 is 0.968 bits per heavy atom. The van der Waals surface area contributed by atoms with Gasteiger partial charge >= 0.3 is 0 Å². The Bertz CT molecular complexity index is 836. The van der Waals surface area contributed by atoms with Crippen LogP contribution in [0.5, 0.6) is 5.75 Å². The number of carbonyl (C=O) groups is 2. The summed E-state index contributed by atoms with van der Waals surface area (Å²) < 4.78 is 17.5. The van der Waals surface area contributed by atoms with Gasteiger partial charge in [0.2, 0.25) is 5.91 Å².